The van der Waals surface area contributed by atoms with Crippen LogP contribution in [0.15, 0.2) is 22.8 Å². The molecule has 0 spiro atoms. The van der Waals surface area contributed by atoms with E-state index in [9.17, 15) is 9.59 Å². The summed E-state index contributed by atoms with van der Waals surface area (Å²) in [5.41, 5.74) is 0. The van der Waals surface area contributed by atoms with E-state index >= 15 is 0 Å². The van der Waals surface area contributed by atoms with Crippen molar-refractivity contribution >= 4 is 11.8 Å². The van der Waals surface area contributed by atoms with Crippen LogP contribution in [0.3, 0.4) is 0 Å². The highest BCUT2D eigenvalue weighted by atomic mass is 16.5. The maximum atomic E-state index is 13.0. The Labute approximate surface area is 155 Å². The number of carbonyl (C=O) groups is 2. The molecule has 0 unspecified atom stereocenters. The number of nitrogens with zero attached hydrogens (tertiary/aromatic N) is 2. The van der Waals surface area contributed by atoms with E-state index in [0.29, 0.717) is 19.5 Å². The number of hydrogen-bond donors (Lipinski definition) is 0. The summed E-state index contributed by atoms with van der Waals surface area (Å²) in [6, 6.07) is 3.95. The van der Waals surface area contributed by atoms with E-state index in [1.165, 1.54) is 0 Å². The highest BCUT2D eigenvalue weighted by molar-refractivity contribution is 5.85. The summed E-state index contributed by atoms with van der Waals surface area (Å²) < 4.78 is 11.1. The zero-order chi connectivity index (χ0) is 18.4. The van der Waals surface area contributed by atoms with Crippen LogP contribution in [-0.4, -0.2) is 53.5 Å². The van der Waals surface area contributed by atoms with Crippen molar-refractivity contribution in [3.8, 4) is 0 Å². The number of rotatable bonds is 10. The Morgan fingerprint density at radius 1 is 1.23 bits per heavy atom. The fourth-order valence-corrected chi connectivity index (χ4v) is 3.40. The Morgan fingerprint density at radius 3 is 2.69 bits per heavy atom. The summed E-state index contributed by atoms with van der Waals surface area (Å²) >= 11 is 0. The maximum absolute atomic E-state index is 13.0. The summed E-state index contributed by atoms with van der Waals surface area (Å²) in [4.78, 5) is 29.1. The summed E-state index contributed by atoms with van der Waals surface area (Å²) in [5.74, 6) is 0.845. The van der Waals surface area contributed by atoms with E-state index in [0.717, 1.165) is 50.9 Å². The first-order chi connectivity index (χ1) is 12.7. The van der Waals surface area contributed by atoms with Crippen molar-refractivity contribution in [2.45, 2.75) is 70.6 Å². The Bertz CT molecular complexity index is 577. The molecule has 0 aromatic carbocycles. The molecule has 0 N–H and O–H groups in total. The average Bonchev–Trinajstić information content (AvgIpc) is 3.10. The van der Waals surface area contributed by atoms with Crippen molar-refractivity contribution in [1.29, 1.82) is 0 Å². The van der Waals surface area contributed by atoms with E-state index < -0.39 is 0 Å². The van der Waals surface area contributed by atoms with Gasteiger partial charge in [0.05, 0.1) is 18.9 Å². The molecule has 26 heavy (non-hydrogen) atoms. The second kappa shape index (κ2) is 9.21. The number of unbranched alkanes of at least 4 members (excludes halogenated alkanes) is 1. The molecular weight excluding hydrogens is 332 g/mol. The minimum Gasteiger partial charge on any atom is -0.467 e. The molecule has 1 saturated carbocycles. The number of furan rings is 1. The van der Waals surface area contributed by atoms with Gasteiger partial charge in [-0.2, -0.15) is 0 Å². The van der Waals surface area contributed by atoms with E-state index in [1.54, 1.807) is 16.1 Å². The van der Waals surface area contributed by atoms with Crippen LogP contribution in [0.4, 0.5) is 0 Å². The van der Waals surface area contributed by atoms with Crippen LogP contribution in [0.2, 0.25) is 0 Å². The van der Waals surface area contributed by atoms with Crippen LogP contribution in [-0.2, 0) is 20.9 Å². The normalized spacial score (nSPS) is 19.5. The zero-order valence-electron chi connectivity index (χ0n) is 15.7. The lowest BCUT2D eigenvalue weighted by Crippen LogP contribution is -2.45. The van der Waals surface area contributed by atoms with Gasteiger partial charge in [0.1, 0.15) is 12.3 Å². The standard InChI is InChI=1S/C20H30N2O4/c1-2-3-8-19(23)22(16-9-10-16)15-20(24)21(13-17-6-4-11-25-17)14-18-7-5-12-26-18/h4,6,11,16,18H,2-3,5,7-10,12-15H2,1H3/t18-/m0/s1. The van der Waals surface area contributed by atoms with Crippen molar-refractivity contribution in [2.75, 3.05) is 19.7 Å². The van der Waals surface area contributed by atoms with Gasteiger partial charge >= 0.3 is 0 Å². The molecule has 1 aliphatic heterocycles. The molecule has 2 aliphatic rings. The molecule has 3 rings (SSSR count). The third-order valence-electron chi connectivity index (χ3n) is 5.09. The van der Waals surface area contributed by atoms with Crippen molar-refractivity contribution in [3.05, 3.63) is 24.2 Å². The topological polar surface area (TPSA) is 63.0 Å². The summed E-state index contributed by atoms with van der Waals surface area (Å²) in [7, 11) is 0. The van der Waals surface area contributed by atoms with E-state index in [1.807, 2.05) is 12.1 Å². The lowest BCUT2D eigenvalue weighted by atomic mass is 10.2. The second-order valence-corrected chi connectivity index (χ2v) is 7.35. The summed E-state index contributed by atoms with van der Waals surface area (Å²) in [6.45, 7) is 3.99. The van der Waals surface area contributed by atoms with Gasteiger partial charge in [0, 0.05) is 25.6 Å². The predicted molar refractivity (Wildman–Crippen MR) is 97.4 cm³/mol. The Kier molecular flexibility index (Phi) is 6.72. The maximum Gasteiger partial charge on any atom is 0.242 e. The molecule has 1 aliphatic carbocycles. The fraction of sp³-hybridized carbons (Fsp3) is 0.700. The second-order valence-electron chi connectivity index (χ2n) is 7.35. The van der Waals surface area contributed by atoms with Gasteiger partial charge in [0.25, 0.3) is 0 Å². The Balaban J connectivity index is 1.63. The van der Waals surface area contributed by atoms with Crippen LogP contribution < -0.4 is 0 Å². The Hall–Kier alpha value is -1.82. The molecule has 6 heteroatoms. The van der Waals surface area contributed by atoms with Gasteiger partial charge in [-0.3, -0.25) is 9.59 Å². The molecule has 0 radical (unpaired) electrons. The van der Waals surface area contributed by atoms with Gasteiger partial charge in [-0.25, -0.2) is 0 Å². The number of carbonyl (C=O) groups excluding carboxylic acids is 2. The molecule has 0 bridgehead atoms. The van der Waals surface area contributed by atoms with Crippen molar-refractivity contribution in [2.24, 2.45) is 0 Å². The highest BCUT2D eigenvalue weighted by Gasteiger charge is 2.35. The fourth-order valence-electron chi connectivity index (χ4n) is 3.40. The quantitative estimate of drug-likeness (QED) is 0.642. The molecule has 1 aromatic heterocycles. The van der Waals surface area contributed by atoms with E-state index in [-0.39, 0.29) is 30.5 Å². The molecular formula is C20H30N2O4. The van der Waals surface area contributed by atoms with Crippen molar-refractivity contribution < 1.29 is 18.7 Å². The molecule has 2 heterocycles. The summed E-state index contributed by atoms with van der Waals surface area (Å²) in [6.07, 6.45) is 8.13. The van der Waals surface area contributed by atoms with Gasteiger partial charge in [0.2, 0.25) is 11.8 Å². The van der Waals surface area contributed by atoms with Crippen LogP contribution >= 0.6 is 0 Å². The van der Waals surface area contributed by atoms with Crippen molar-refractivity contribution in [1.82, 2.24) is 9.80 Å². The lowest BCUT2D eigenvalue weighted by Gasteiger charge is -2.29. The first kappa shape index (κ1) is 19.0. The molecule has 1 aromatic rings. The third-order valence-corrected chi connectivity index (χ3v) is 5.09. The van der Waals surface area contributed by atoms with Gasteiger partial charge in [0.15, 0.2) is 0 Å². The zero-order valence-corrected chi connectivity index (χ0v) is 15.7. The van der Waals surface area contributed by atoms with E-state index in [2.05, 4.69) is 6.92 Å². The van der Waals surface area contributed by atoms with E-state index in [4.69, 9.17) is 9.15 Å². The van der Waals surface area contributed by atoms with Crippen LogP contribution in [0.25, 0.3) is 0 Å². The first-order valence-electron chi connectivity index (χ1n) is 9.88. The molecule has 144 valence electrons. The van der Waals surface area contributed by atoms with Gasteiger partial charge < -0.3 is 19.0 Å². The molecule has 1 saturated heterocycles. The third kappa shape index (κ3) is 5.34. The molecule has 6 nitrogen and oxygen atoms in total. The SMILES string of the molecule is CCCCC(=O)N(CC(=O)N(Cc1ccco1)C[C@@H]1CCCO1)C1CC1. The number of hydrogen-bond acceptors (Lipinski definition) is 4. The molecule has 2 fully saturated rings. The van der Waals surface area contributed by atoms with Crippen molar-refractivity contribution in [3.63, 3.8) is 0 Å². The monoisotopic (exact) mass is 362 g/mol. The smallest absolute Gasteiger partial charge is 0.242 e. The Morgan fingerprint density at radius 2 is 2.08 bits per heavy atom. The van der Waals surface area contributed by atoms with Gasteiger partial charge in [-0.05, 0) is 44.2 Å². The van der Waals surface area contributed by atoms with Gasteiger partial charge in [-0.15, -0.1) is 0 Å². The van der Waals surface area contributed by atoms with Crippen LogP contribution in [0.1, 0.15) is 57.6 Å². The highest BCUT2D eigenvalue weighted by Crippen LogP contribution is 2.28. The van der Waals surface area contributed by atoms with Crippen LogP contribution in [0.5, 0.6) is 0 Å². The largest absolute Gasteiger partial charge is 0.467 e. The minimum atomic E-state index is -0.0198. The number of ether oxygens (including phenoxy) is 1. The minimum absolute atomic E-state index is 0.0198. The molecule has 1 atom stereocenters. The first-order valence-corrected chi connectivity index (χ1v) is 9.88. The van der Waals surface area contributed by atoms with Gasteiger partial charge in [-0.1, -0.05) is 13.3 Å². The average molecular weight is 362 g/mol. The summed E-state index contributed by atoms with van der Waals surface area (Å²) in [5, 5.41) is 0. The van der Waals surface area contributed by atoms with Crippen LogP contribution in [0, 0.1) is 0 Å². The number of amides is 2. The lowest BCUT2D eigenvalue weighted by molar-refractivity contribution is -0.142. The molecule has 2 amide bonds. The predicted octanol–water partition coefficient (Wildman–Crippen LogP) is 2.97.